The van der Waals surface area contributed by atoms with E-state index in [9.17, 15) is 0 Å². The predicted octanol–water partition coefficient (Wildman–Crippen LogP) is 2.55. The molecular weight excluding hydrogens is 362 g/mol. The van der Waals surface area contributed by atoms with Crippen molar-refractivity contribution in [1.82, 2.24) is 20.4 Å². The molecule has 1 heterocycles. The van der Waals surface area contributed by atoms with Crippen LogP contribution in [-0.2, 0) is 17.8 Å². The molecule has 0 aromatic heterocycles. The number of aliphatic imine (C=N–C) groups is 1. The molecular formula is C23H41N5O. The first-order chi connectivity index (χ1) is 14.0. The highest BCUT2D eigenvalue weighted by Crippen LogP contribution is 2.13. The van der Waals surface area contributed by atoms with Crippen molar-refractivity contribution in [1.29, 1.82) is 0 Å². The quantitative estimate of drug-likeness (QED) is 0.464. The SMILES string of the molecule is CCNC(=NCc1cccc(CN(C)C)c1)NCC(CC(C)C)N1CCOCC1. The van der Waals surface area contributed by atoms with Crippen molar-refractivity contribution in [2.75, 3.05) is 53.5 Å². The summed E-state index contributed by atoms with van der Waals surface area (Å²) in [5.74, 6) is 1.57. The molecule has 2 N–H and O–H groups in total. The first kappa shape index (κ1) is 23.6. The zero-order valence-corrected chi connectivity index (χ0v) is 19.1. The Morgan fingerprint density at radius 1 is 1.17 bits per heavy atom. The van der Waals surface area contributed by atoms with Gasteiger partial charge < -0.3 is 20.3 Å². The number of guanidine groups is 1. The van der Waals surface area contributed by atoms with Gasteiger partial charge in [0.15, 0.2) is 5.96 Å². The van der Waals surface area contributed by atoms with Crippen molar-refractivity contribution in [2.45, 2.75) is 46.3 Å². The van der Waals surface area contributed by atoms with Gasteiger partial charge in [0, 0.05) is 38.8 Å². The number of nitrogens with one attached hydrogen (secondary N) is 2. The molecule has 0 radical (unpaired) electrons. The minimum atomic E-state index is 0.506. The Morgan fingerprint density at radius 2 is 1.90 bits per heavy atom. The average Bonchev–Trinajstić information content (AvgIpc) is 2.69. The lowest BCUT2D eigenvalue weighted by molar-refractivity contribution is 0.0132. The van der Waals surface area contributed by atoms with E-state index in [2.05, 4.69) is 79.6 Å². The molecule has 2 rings (SSSR count). The Kier molecular flexibility index (Phi) is 10.5. The number of ether oxygens (including phenoxy) is 1. The number of hydrogen-bond acceptors (Lipinski definition) is 4. The first-order valence-electron chi connectivity index (χ1n) is 11.0. The predicted molar refractivity (Wildman–Crippen MR) is 122 cm³/mol. The molecule has 0 bridgehead atoms. The molecule has 1 aromatic rings. The molecule has 0 spiro atoms. The maximum atomic E-state index is 5.54. The summed E-state index contributed by atoms with van der Waals surface area (Å²) in [5.41, 5.74) is 2.57. The lowest BCUT2D eigenvalue weighted by Crippen LogP contribution is -2.51. The summed E-state index contributed by atoms with van der Waals surface area (Å²) in [6.45, 7) is 13.8. The molecule has 1 saturated heterocycles. The van der Waals surface area contributed by atoms with E-state index in [1.165, 1.54) is 17.5 Å². The lowest BCUT2D eigenvalue weighted by Gasteiger charge is -2.35. The molecule has 0 aliphatic carbocycles. The van der Waals surface area contributed by atoms with E-state index in [0.29, 0.717) is 18.5 Å². The molecule has 29 heavy (non-hydrogen) atoms. The number of benzene rings is 1. The third-order valence-corrected chi connectivity index (χ3v) is 5.06. The third kappa shape index (κ3) is 9.15. The second-order valence-corrected chi connectivity index (χ2v) is 8.57. The topological polar surface area (TPSA) is 52.1 Å². The zero-order chi connectivity index (χ0) is 21.1. The van der Waals surface area contributed by atoms with Crippen LogP contribution in [0, 0.1) is 5.92 Å². The summed E-state index contributed by atoms with van der Waals surface area (Å²) in [6, 6.07) is 9.21. The zero-order valence-electron chi connectivity index (χ0n) is 19.1. The minimum absolute atomic E-state index is 0.506. The second-order valence-electron chi connectivity index (χ2n) is 8.57. The molecule has 6 heteroatoms. The van der Waals surface area contributed by atoms with Crippen LogP contribution in [0.5, 0.6) is 0 Å². The van der Waals surface area contributed by atoms with Crippen LogP contribution in [0.25, 0.3) is 0 Å². The number of hydrogen-bond donors (Lipinski definition) is 2. The summed E-state index contributed by atoms with van der Waals surface area (Å²) >= 11 is 0. The molecule has 1 aromatic carbocycles. The van der Waals surface area contributed by atoms with Gasteiger partial charge in [-0.15, -0.1) is 0 Å². The van der Waals surface area contributed by atoms with Crippen LogP contribution in [0.2, 0.25) is 0 Å². The van der Waals surface area contributed by atoms with Crippen LogP contribution in [0.15, 0.2) is 29.3 Å². The maximum absolute atomic E-state index is 5.54. The number of nitrogens with zero attached hydrogens (tertiary/aromatic N) is 3. The summed E-state index contributed by atoms with van der Waals surface area (Å²) in [6.07, 6.45) is 1.18. The summed E-state index contributed by atoms with van der Waals surface area (Å²) in [4.78, 5) is 9.59. The Hall–Kier alpha value is -1.63. The Bertz CT molecular complexity index is 611. The van der Waals surface area contributed by atoms with Gasteiger partial charge in [-0.3, -0.25) is 4.90 Å². The minimum Gasteiger partial charge on any atom is -0.379 e. The molecule has 1 aliphatic heterocycles. The third-order valence-electron chi connectivity index (χ3n) is 5.06. The summed E-state index contributed by atoms with van der Waals surface area (Å²) in [5, 5.41) is 6.99. The van der Waals surface area contributed by atoms with Crippen LogP contribution < -0.4 is 10.6 Å². The normalized spacial score (nSPS) is 17.0. The van der Waals surface area contributed by atoms with Crippen molar-refractivity contribution >= 4 is 5.96 Å². The van der Waals surface area contributed by atoms with Crippen molar-refractivity contribution in [2.24, 2.45) is 10.9 Å². The van der Waals surface area contributed by atoms with Crippen LogP contribution in [-0.4, -0.2) is 75.3 Å². The van der Waals surface area contributed by atoms with Gasteiger partial charge >= 0.3 is 0 Å². The molecule has 1 fully saturated rings. The maximum Gasteiger partial charge on any atom is 0.191 e. The highest BCUT2D eigenvalue weighted by Gasteiger charge is 2.22. The van der Waals surface area contributed by atoms with Crippen molar-refractivity contribution in [3.05, 3.63) is 35.4 Å². The molecule has 164 valence electrons. The van der Waals surface area contributed by atoms with E-state index < -0.39 is 0 Å². The lowest BCUT2D eigenvalue weighted by atomic mass is 10.0. The van der Waals surface area contributed by atoms with Crippen molar-refractivity contribution in [3.8, 4) is 0 Å². The number of morpholine rings is 1. The van der Waals surface area contributed by atoms with Crippen molar-refractivity contribution in [3.63, 3.8) is 0 Å². The van der Waals surface area contributed by atoms with E-state index in [0.717, 1.165) is 51.9 Å². The van der Waals surface area contributed by atoms with Gasteiger partial charge in [-0.25, -0.2) is 4.99 Å². The molecule has 1 unspecified atom stereocenters. The molecule has 6 nitrogen and oxygen atoms in total. The fraction of sp³-hybridized carbons (Fsp3) is 0.696. The van der Waals surface area contributed by atoms with E-state index in [1.807, 2.05) is 0 Å². The molecule has 1 atom stereocenters. The summed E-state index contributed by atoms with van der Waals surface area (Å²) < 4.78 is 5.54. The standard InChI is InChI=1S/C23H41N5O/c1-6-24-23(25-16-20-8-7-9-21(15-20)18-27(4)5)26-17-22(14-19(2)3)28-10-12-29-13-11-28/h7-9,15,19,22H,6,10-14,16-18H2,1-5H3,(H2,24,25,26). The smallest absolute Gasteiger partial charge is 0.191 e. The molecule has 0 saturated carbocycles. The Morgan fingerprint density at radius 3 is 2.55 bits per heavy atom. The van der Waals surface area contributed by atoms with E-state index in [1.54, 1.807) is 0 Å². The monoisotopic (exact) mass is 403 g/mol. The highest BCUT2D eigenvalue weighted by atomic mass is 16.5. The van der Waals surface area contributed by atoms with E-state index >= 15 is 0 Å². The van der Waals surface area contributed by atoms with Gasteiger partial charge in [0.1, 0.15) is 0 Å². The first-order valence-corrected chi connectivity index (χ1v) is 11.0. The van der Waals surface area contributed by atoms with Gasteiger partial charge in [0.05, 0.1) is 19.8 Å². The fourth-order valence-corrected chi connectivity index (χ4v) is 3.77. The van der Waals surface area contributed by atoms with E-state index in [4.69, 9.17) is 9.73 Å². The fourth-order valence-electron chi connectivity index (χ4n) is 3.77. The van der Waals surface area contributed by atoms with Crippen LogP contribution in [0.1, 0.15) is 38.3 Å². The Balaban J connectivity index is 1.98. The number of rotatable bonds is 10. The van der Waals surface area contributed by atoms with Crippen molar-refractivity contribution < 1.29 is 4.74 Å². The van der Waals surface area contributed by atoms with Gasteiger partial charge in [0.25, 0.3) is 0 Å². The van der Waals surface area contributed by atoms with Crippen LogP contribution in [0.4, 0.5) is 0 Å². The van der Waals surface area contributed by atoms with Gasteiger partial charge in [-0.1, -0.05) is 38.1 Å². The Labute approximate surface area is 177 Å². The van der Waals surface area contributed by atoms with Gasteiger partial charge in [-0.2, -0.15) is 0 Å². The van der Waals surface area contributed by atoms with Crippen LogP contribution >= 0.6 is 0 Å². The second kappa shape index (κ2) is 12.8. The van der Waals surface area contributed by atoms with E-state index in [-0.39, 0.29) is 0 Å². The van der Waals surface area contributed by atoms with Gasteiger partial charge in [0.2, 0.25) is 0 Å². The highest BCUT2D eigenvalue weighted by molar-refractivity contribution is 5.79. The average molecular weight is 404 g/mol. The largest absolute Gasteiger partial charge is 0.379 e. The molecule has 0 amide bonds. The van der Waals surface area contributed by atoms with Gasteiger partial charge in [-0.05, 0) is 44.5 Å². The van der Waals surface area contributed by atoms with Crippen LogP contribution in [0.3, 0.4) is 0 Å². The summed E-state index contributed by atoms with van der Waals surface area (Å²) in [7, 11) is 4.19. The molecule has 1 aliphatic rings.